The Kier molecular flexibility index (Phi) is 4.95. The van der Waals surface area contributed by atoms with Gasteiger partial charge in [0.15, 0.2) is 5.76 Å². The number of carbonyl (C=O) groups is 1. The Bertz CT molecular complexity index is 504. The monoisotopic (exact) mass is 295 g/mol. The quantitative estimate of drug-likeness (QED) is 0.662. The molecular weight excluding hydrogens is 274 g/mol. The van der Waals surface area contributed by atoms with Crippen LogP contribution in [0.5, 0.6) is 0 Å². The van der Waals surface area contributed by atoms with Crippen LogP contribution in [0.1, 0.15) is 30.8 Å². The molecule has 116 valence electrons. The lowest BCUT2D eigenvalue weighted by Gasteiger charge is -2.34. The van der Waals surface area contributed by atoms with Crippen LogP contribution >= 0.6 is 0 Å². The highest BCUT2D eigenvalue weighted by Crippen LogP contribution is 2.20. The third kappa shape index (κ3) is 4.29. The average molecular weight is 295 g/mol. The molecule has 0 unspecified atom stereocenters. The molecular formula is C14H21N3O4. The fraction of sp³-hybridized carbons (Fsp3) is 0.643. The van der Waals surface area contributed by atoms with Crippen LogP contribution in [0.3, 0.4) is 0 Å². The maximum atomic E-state index is 11.8. The van der Waals surface area contributed by atoms with Crippen LogP contribution in [-0.4, -0.2) is 41.9 Å². The number of carbonyl (C=O) groups excluding carboxylic acids is 1. The summed E-state index contributed by atoms with van der Waals surface area (Å²) >= 11 is 0. The summed E-state index contributed by atoms with van der Waals surface area (Å²) in [4.78, 5) is 24.0. The van der Waals surface area contributed by atoms with E-state index in [0.717, 1.165) is 19.6 Å². The summed E-state index contributed by atoms with van der Waals surface area (Å²) in [5, 5.41) is 13.2. The minimum atomic E-state index is -0.659. The summed E-state index contributed by atoms with van der Waals surface area (Å²) in [5.74, 6) is 0.497. The molecule has 0 spiro atoms. The minimum Gasteiger partial charge on any atom is -0.395 e. The second kappa shape index (κ2) is 6.71. The van der Waals surface area contributed by atoms with E-state index in [2.05, 4.69) is 24.1 Å². The molecule has 1 aromatic rings. The van der Waals surface area contributed by atoms with E-state index < -0.39 is 16.7 Å². The van der Waals surface area contributed by atoms with Crippen LogP contribution < -0.4 is 5.32 Å². The fourth-order valence-electron chi connectivity index (χ4n) is 2.94. The molecule has 1 aliphatic heterocycles. The van der Waals surface area contributed by atoms with Crippen molar-refractivity contribution in [1.82, 2.24) is 10.2 Å². The Morgan fingerprint density at radius 3 is 2.67 bits per heavy atom. The molecule has 0 radical (unpaired) electrons. The topological polar surface area (TPSA) is 88.6 Å². The Morgan fingerprint density at radius 1 is 1.43 bits per heavy atom. The number of nitrogens with zero attached hydrogens (tertiary/aromatic N) is 2. The van der Waals surface area contributed by atoms with Crippen LogP contribution in [0.4, 0.5) is 5.88 Å². The fourth-order valence-corrected chi connectivity index (χ4v) is 2.94. The van der Waals surface area contributed by atoms with Crippen molar-refractivity contribution < 1.29 is 14.1 Å². The molecule has 1 amide bonds. The molecule has 1 fully saturated rings. The molecule has 1 aliphatic rings. The Labute approximate surface area is 123 Å². The molecule has 7 heteroatoms. The third-order valence-corrected chi connectivity index (χ3v) is 3.65. The summed E-state index contributed by atoms with van der Waals surface area (Å²) in [6.07, 6.45) is 1.25. The van der Waals surface area contributed by atoms with Crippen LogP contribution in [0.25, 0.3) is 0 Å². The highest BCUT2D eigenvalue weighted by molar-refractivity contribution is 5.91. The van der Waals surface area contributed by atoms with Crippen molar-refractivity contribution >= 4 is 11.8 Å². The first-order valence-electron chi connectivity index (χ1n) is 7.20. The molecule has 1 N–H and O–H groups in total. The van der Waals surface area contributed by atoms with Gasteiger partial charge in [-0.1, -0.05) is 13.8 Å². The molecule has 0 saturated carbocycles. The van der Waals surface area contributed by atoms with Gasteiger partial charge >= 0.3 is 5.88 Å². The molecule has 7 nitrogen and oxygen atoms in total. The molecule has 2 rings (SSSR count). The van der Waals surface area contributed by atoms with Crippen LogP contribution in [0.2, 0.25) is 0 Å². The van der Waals surface area contributed by atoms with E-state index in [9.17, 15) is 14.9 Å². The van der Waals surface area contributed by atoms with Crippen molar-refractivity contribution in [3.8, 4) is 0 Å². The number of likely N-dealkylation sites (tertiary alicyclic amines) is 1. The zero-order chi connectivity index (χ0) is 15.4. The highest BCUT2D eigenvalue weighted by Gasteiger charge is 2.22. The van der Waals surface area contributed by atoms with Crippen molar-refractivity contribution in [3.63, 3.8) is 0 Å². The second-order valence-electron chi connectivity index (χ2n) is 5.86. The molecule has 2 atom stereocenters. The van der Waals surface area contributed by atoms with Gasteiger partial charge in [0.1, 0.15) is 4.92 Å². The van der Waals surface area contributed by atoms with Crippen LogP contribution in [0, 0.1) is 22.0 Å². The predicted molar refractivity (Wildman–Crippen MR) is 77.1 cm³/mol. The van der Waals surface area contributed by atoms with E-state index in [1.807, 2.05) is 0 Å². The molecule has 1 saturated heterocycles. The highest BCUT2D eigenvalue weighted by atomic mass is 16.6. The lowest BCUT2D eigenvalue weighted by Crippen LogP contribution is -2.42. The van der Waals surface area contributed by atoms with Crippen LogP contribution in [0.15, 0.2) is 16.5 Å². The van der Waals surface area contributed by atoms with E-state index in [1.165, 1.54) is 18.6 Å². The lowest BCUT2D eigenvalue weighted by molar-refractivity contribution is -0.402. The van der Waals surface area contributed by atoms with Crippen molar-refractivity contribution in [2.75, 3.05) is 26.2 Å². The summed E-state index contributed by atoms with van der Waals surface area (Å²) < 4.78 is 4.86. The molecule has 0 bridgehead atoms. The van der Waals surface area contributed by atoms with Gasteiger partial charge in [0, 0.05) is 26.2 Å². The van der Waals surface area contributed by atoms with Gasteiger partial charge in [-0.2, -0.15) is 0 Å². The van der Waals surface area contributed by atoms with E-state index in [-0.39, 0.29) is 5.76 Å². The van der Waals surface area contributed by atoms with Gasteiger partial charge in [-0.05, 0) is 24.3 Å². The first-order valence-corrected chi connectivity index (χ1v) is 7.20. The van der Waals surface area contributed by atoms with Crippen molar-refractivity contribution in [1.29, 1.82) is 0 Å². The smallest absolute Gasteiger partial charge is 0.395 e. The molecule has 0 aromatic carbocycles. The predicted octanol–water partition coefficient (Wildman–Crippen LogP) is 1.90. The molecule has 1 aromatic heterocycles. The number of piperidine rings is 1. The maximum Gasteiger partial charge on any atom is 0.433 e. The Morgan fingerprint density at radius 2 is 2.10 bits per heavy atom. The van der Waals surface area contributed by atoms with E-state index in [1.54, 1.807) is 0 Å². The molecule has 21 heavy (non-hydrogen) atoms. The number of amides is 1. The number of furan rings is 1. The zero-order valence-electron chi connectivity index (χ0n) is 12.4. The second-order valence-corrected chi connectivity index (χ2v) is 5.86. The Balaban J connectivity index is 1.77. The van der Waals surface area contributed by atoms with Gasteiger partial charge in [-0.15, -0.1) is 0 Å². The van der Waals surface area contributed by atoms with Gasteiger partial charge in [0.05, 0.1) is 6.07 Å². The third-order valence-electron chi connectivity index (χ3n) is 3.65. The van der Waals surface area contributed by atoms with Gasteiger partial charge < -0.3 is 14.6 Å². The first kappa shape index (κ1) is 15.5. The Hall–Kier alpha value is -1.89. The van der Waals surface area contributed by atoms with E-state index in [4.69, 9.17) is 4.42 Å². The van der Waals surface area contributed by atoms with E-state index in [0.29, 0.717) is 18.4 Å². The zero-order valence-corrected chi connectivity index (χ0v) is 12.4. The van der Waals surface area contributed by atoms with E-state index >= 15 is 0 Å². The number of hydrogen-bond acceptors (Lipinski definition) is 5. The van der Waals surface area contributed by atoms with Crippen molar-refractivity contribution in [2.24, 2.45) is 11.8 Å². The minimum absolute atomic E-state index is 0.0259. The largest absolute Gasteiger partial charge is 0.433 e. The normalized spacial score (nSPS) is 23.0. The number of rotatable bonds is 5. The maximum absolute atomic E-state index is 11.8. The van der Waals surface area contributed by atoms with Gasteiger partial charge in [-0.3, -0.25) is 14.9 Å². The summed E-state index contributed by atoms with van der Waals surface area (Å²) in [7, 11) is 0. The number of hydrogen-bond donors (Lipinski definition) is 1. The van der Waals surface area contributed by atoms with Gasteiger partial charge in [-0.25, -0.2) is 0 Å². The summed E-state index contributed by atoms with van der Waals surface area (Å²) in [6.45, 7) is 7.86. The van der Waals surface area contributed by atoms with Crippen molar-refractivity contribution in [2.45, 2.75) is 20.3 Å². The standard InChI is InChI=1S/C14H21N3O4/c1-10-7-11(2)9-16(8-10)6-5-15-14(18)12-3-4-13(21-12)17(19)20/h3-4,10-11H,5-9H2,1-2H3,(H,15,18)/t10-,11-/m0/s1. The number of nitro groups is 1. The molecule has 0 aliphatic carbocycles. The lowest BCUT2D eigenvalue weighted by atomic mass is 9.92. The van der Waals surface area contributed by atoms with Crippen LogP contribution in [-0.2, 0) is 0 Å². The average Bonchev–Trinajstić information content (AvgIpc) is 2.87. The summed E-state index contributed by atoms with van der Waals surface area (Å²) in [6, 6.07) is 2.50. The van der Waals surface area contributed by atoms with Crippen molar-refractivity contribution in [3.05, 3.63) is 28.0 Å². The number of nitrogens with one attached hydrogen (secondary N) is 1. The SMILES string of the molecule is C[C@H]1C[C@H](C)CN(CCNC(=O)c2ccc([N+](=O)[O-])o2)C1. The van der Waals surface area contributed by atoms with Gasteiger partial charge in [0.2, 0.25) is 0 Å². The molecule has 2 heterocycles. The van der Waals surface area contributed by atoms with Gasteiger partial charge in [0.25, 0.3) is 5.91 Å². The first-order chi connectivity index (χ1) is 9.95. The summed E-state index contributed by atoms with van der Waals surface area (Å²) in [5.41, 5.74) is 0.